The van der Waals surface area contributed by atoms with Crippen LogP contribution in [0.25, 0.3) is 0 Å². The minimum Gasteiger partial charge on any atom is -0.493 e. The Morgan fingerprint density at radius 2 is 2.03 bits per heavy atom. The minimum atomic E-state index is -4.19. The molecule has 2 fully saturated rings. The van der Waals surface area contributed by atoms with Crippen LogP contribution in [0.15, 0.2) is 17.3 Å². The van der Waals surface area contributed by atoms with E-state index in [1.54, 1.807) is 6.07 Å². The first-order valence-electron chi connectivity index (χ1n) is 10.5. The molecule has 0 saturated heterocycles. The molecule has 160 valence electrons. The van der Waals surface area contributed by atoms with Gasteiger partial charge in [-0.25, -0.2) is 0 Å². The Labute approximate surface area is 172 Å². The molecular weight excluding hydrogens is 392 g/mol. The second kappa shape index (κ2) is 7.47. The van der Waals surface area contributed by atoms with Crippen molar-refractivity contribution in [3.8, 4) is 11.5 Å². The molecule has 4 atom stereocenters. The summed E-state index contributed by atoms with van der Waals surface area (Å²) in [6.45, 7) is 2.32. The second-order valence-corrected chi connectivity index (χ2v) is 9.95. The molecule has 8 heteroatoms. The number of ether oxygens (including phenoxy) is 1. The van der Waals surface area contributed by atoms with E-state index in [0.29, 0.717) is 41.1 Å². The molecular formula is C21H30N2O5S. The van der Waals surface area contributed by atoms with Gasteiger partial charge in [0.15, 0.2) is 11.5 Å². The highest BCUT2D eigenvalue weighted by atomic mass is 32.2. The van der Waals surface area contributed by atoms with Crippen LogP contribution in [0, 0.1) is 17.3 Å². The van der Waals surface area contributed by atoms with E-state index in [1.165, 1.54) is 45.6 Å². The third-order valence-electron chi connectivity index (χ3n) is 7.72. The van der Waals surface area contributed by atoms with Gasteiger partial charge in [0.25, 0.3) is 0 Å². The Morgan fingerprint density at radius 3 is 2.69 bits per heavy atom. The maximum atomic E-state index is 11.5. The van der Waals surface area contributed by atoms with Crippen molar-refractivity contribution in [2.75, 3.05) is 7.11 Å². The molecule has 2 saturated carbocycles. The van der Waals surface area contributed by atoms with Crippen molar-refractivity contribution >= 4 is 16.0 Å². The van der Waals surface area contributed by atoms with Gasteiger partial charge in [0.2, 0.25) is 0 Å². The maximum Gasteiger partial charge on any atom is 0.380 e. The van der Waals surface area contributed by atoms with E-state index in [0.717, 1.165) is 17.5 Å². The lowest BCUT2D eigenvalue weighted by molar-refractivity contribution is -0.0142. The lowest BCUT2D eigenvalue weighted by Crippen LogP contribution is -2.46. The Morgan fingerprint density at radius 1 is 1.24 bits per heavy atom. The number of hydrogen-bond donors (Lipinski definition) is 2. The predicted octanol–water partition coefficient (Wildman–Crippen LogP) is 3.94. The van der Waals surface area contributed by atoms with Crippen molar-refractivity contribution < 1.29 is 22.5 Å². The summed E-state index contributed by atoms with van der Waals surface area (Å²) < 4.78 is 33.3. The summed E-state index contributed by atoms with van der Waals surface area (Å²) in [5.74, 6) is 1.74. The Balaban J connectivity index is 1.80. The summed E-state index contributed by atoms with van der Waals surface area (Å²) in [6.07, 6.45) is 9.27. The number of oxime groups is 1. The lowest BCUT2D eigenvalue weighted by atomic mass is 9.49. The zero-order valence-corrected chi connectivity index (χ0v) is 17.9. The standard InChI is InChI=1S/C21H30N2O5S/c1-3-21-8-5-4-6-17(21)15-10-18(23-24)16-12-20(28-29(22,25)26)19(27-2)11-14(16)13(15)7-9-21/h11-13,15,17,24H,3-10H2,1-2H3,(H2,22,25,26)/b23-18+/t13-,15-,17+,21+/m1/s1. The number of benzene rings is 1. The highest BCUT2D eigenvalue weighted by Crippen LogP contribution is 2.61. The average molecular weight is 423 g/mol. The van der Waals surface area contributed by atoms with E-state index in [2.05, 4.69) is 12.1 Å². The molecule has 1 aromatic rings. The molecule has 0 aliphatic heterocycles. The van der Waals surface area contributed by atoms with E-state index in [-0.39, 0.29) is 5.75 Å². The van der Waals surface area contributed by atoms with Crippen molar-refractivity contribution in [1.82, 2.24) is 0 Å². The van der Waals surface area contributed by atoms with Crippen LogP contribution in [0.1, 0.15) is 75.3 Å². The van der Waals surface area contributed by atoms with Crippen LogP contribution < -0.4 is 14.1 Å². The third kappa shape index (κ3) is 3.50. The zero-order valence-electron chi connectivity index (χ0n) is 17.1. The number of hydrogen-bond acceptors (Lipinski definition) is 6. The maximum absolute atomic E-state index is 11.5. The molecule has 0 heterocycles. The fourth-order valence-corrected chi connectivity index (χ4v) is 6.83. The van der Waals surface area contributed by atoms with Crippen molar-refractivity contribution in [2.45, 2.75) is 64.2 Å². The molecule has 0 amide bonds. The first-order chi connectivity index (χ1) is 13.8. The van der Waals surface area contributed by atoms with Gasteiger partial charge in [0, 0.05) is 5.56 Å². The summed E-state index contributed by atoms with van der Waals surface area (Å²) in [5.41, 5.74) is 2.77. The molecule has 0 spiro atoms. The highest BCUT2D eigenvalue weighted by molar-refractivity contribution is 7.84. The van der Waals surface area contributed by atoms with Gasteiger partial charge < -0.3 is 14.1 Å². The van der Waals surface area contributed by atoms with Crippen LogP contribution in [0.5, 0.6) is 11.5 Å². The monoisotopic (exact) mass is 422 g/mol. The van der Waals surface area contributed by atoms with Gasteiger partial charge in [-0.1, -0.05) is 31.3 Å². The van der Waals surface area contributed by atoms with Crippen LogP contribution in [0.4, 0.5) is 0 Å². The summed E-state index contributed by atoms with van der Waals surface area (Å²) in [6, 6.07) is 3.44. The van der Waals surface area contributed by atoms with Crippen LogP contribution in [-0.2, 0) is 10.3 Å². The van der Waals surface area contributed by atoms with Gasteiger partial charge in [0.05, 0.1) is 12.8 Å². The molecule has 1 aromatic carbocycles. The highest BCUT2D eigenvalue weighted by Gasteiger charge is 2.51. The smallest absolute Gasteiger partial charge is 0.380 e. The van der Waals surface area contributed by atoms with E-state index in [9.17, 15) is 13.6 Å². The van der Waals surface area contributed by atoms with Crippen molar-refractivity contribution in [3.63, 3.8) is 0 Å². The number of fused-ring (bicyclic) bond motifs is 5. The SMILES string of the molecule is CC[C@@]12CCCC[C@H]1[C@@H]1C/C(=N\O)c3cc(OS(N)(=O)=O)c(OC)cc3[C@H]1CC2. The summed E-state index contributed by atoms with van der Waals surface area (Å²) in [4.78, 5) is 0. The van der Waals surface area contributed by atoms with Gasteiger partial charge in [-0.3, -0.25) is 0 Å². The van der Waals surface area contributed by atoms with Crippen LogP contribution in [0.3, 0.4) is 0 Å². The van der Waals surface area contributed by atoms with E-state index < -0.39 is 10.3 Å². The summed E-state index contributed by atoms with van der Waals surface area (Å²) in [5, 5.41) is 18.4. The van der Waals surface area contributed by atoms with Gasteiger partial charge in [-0.2, -0.15) is 13.6 Å². The Kier molecular flexibility index (Phi) is 5.27. The van der Waals surface area contributed by atoms with Gasteiger partial charge in [-0.15, -0.1) is 0 Å². The number of rotatable bonds is 4. The van der Waals surface area contributed by atoms with Gasteiger partial charge in [-0.05, 0) is 73.0 Å². The van der Waals surface area contributed by atoms with E-state index >= 15 is 0 Å². The first-order valence-corrected chi connectivity index (χ1v) is 11.9. The molecule has 0 aromatic heterocycles. The van der Waals surface area contributed by atoms with Crippen molar-refractivity contribution in [3.05, 3.63) is 23.3 Å². The van der Waals surface area contributed by atoms with Crippen LogP contribution in [0.2, 0.25) is 0 Å². The van der Waals surface area contributed by atoms with Crippen LogP contribution in [-0.4, -0.2) is 26.4 Å². The predicted molar refractivity (Wildman–Crippen MR) is 110 cm³/mol. The molecule has 0 radical (unpaired) electrons. The quantitative estimate of drug-likeness (QED) is 0.564. The van der Waals surface area contributed by atoms with Crippen LogP contribution >= 0.6 is 0 Å². The summed E-state index contributed by atoms with van der Waals surface area (Å²) >= 11 is 0. The number of nitrogens with zero attached hydrogens (tertiary/aromatic N) is 1. The topological polar surface area (TPSA) is 111 Å². The molecule has 0 unspecified atom stereocenters. The Hall–Kier alpha value is -1.80. The van der Waals surface area contributed by atoms with Gasteiger partial charge in [0.1, 0.15) is 0 Å². The molecule has 3 aliphatic rings. The summed E-state index contributed by atoms with van der Waals surface area (Å²) in [7, 11) is -2.72. The van der Waals surface area contributed by atoms with Crippen molar-refractivity contribution in [2.24, 2.45) is 27.5 Å². The fraction of sp³-hybridized carbons (Fsp3) is 0.667. The average Bonchev–Trinajstić information content (AvgIpc) is 2.71. The normalized spacial score (nSPS) is 32.8. The molecule has 0 bridgehead atoms. The van der Waals surface area contributed by atoms with E-state index in [4.69, 9.17) is 14.1 Å². The molecule has 29 heavy (non-hydrogen) atoms. The second-order valence-electron chi connectivity index (χ2n) is 8.79. The number of nitrogens with two attached hydrogens (primary N) is 1. The largest absolute Gasteiger partial charge is 0.493 e. The first kappa shape index (κ1) is 20.5. The lowest BCUT2D eigenvalue weighted by Gasteiger charge is -2.55. The van der Waals surface area contributed by atoms with Crippen molar-refractivity contribution in [1.29, 1.82) is 0 Å². The molecule has 3 N–H and O–H groups in total. The molecule has 7 nitrogen and oxygen atoms in total. The van der Waals surface area contributed by atoms with E-state index in [1.807, 2.05) is 6.07 Å². The Bertz CT molecular complexity index is 929. The molecule has 4 rings (SSSR count). The number of methoxy groups -OCH3 is 1. The van der Waals surface area contributed by atoms with Gasteiger partial charge >= 0.3 is 10.3 Å². The molecule has 3 aliphatic carbocycles. The zero-order chi connectivity index (χ0) is 20.8. The minimum absolute atomic E-state index is 0.0183. The fourth-order valence-electron chi connectivity index (χ4n) is 6.45. The third-order valence-corrected chi connectivity index (χ3v) is 8.13.